The predicted molar refractivity (Wildman–Crippen MR) is 77.9 cm³/mol. The van der Waals surface area contributed by atoms with Gasteiger partial charge in [-0.15, -0.1) is 12.4 Å². The van der Waals surface area contributed by atoms with E-state index in [1.54, 1.807) is 13.8 Å². The van der Waals surface area contributed by atoms with Crippen LogP contribution in [0, 0.1) is 0 Å². The first-order chi connectivity index (χ1) is 8.12. The summed E-state index contributed by atoms with van der Waals surface area (Å²) < 4.78 is 24.7. The largest absolute Gasteiger partial charge is 0.350 e. The fourth-order valence-corrected chi connectivity index (χ4v) is 3.12. The van der Waals surface area contributed by atoms with Crippen LogP contribution in [0.3, 0.4) is 0 Å². The van der Waals surface area contributed by atoms with Gasteiger partial charge in [0, 0.05) is 12.1 Å². The van der Waals surface area contributed by atoms with Gasteiger partial charge in [0.25, 0.3) is 0 Å². The van der Waals surface area contributed by atoms with Crippen molar-refractivity contribution >= 4 is 28.3 Å². The molecule has 0 radical (unpaired) electrons. The monoisotopic (exact) mass is 313 g/mol. The van der Waals surface area contributed by atoms with Crippen LogP contribution in [0.15, 0.2) is 0 Å². The molecule has 0 spiro atoms. The zero-order valence-corrected chi connectivity index (χ0v) is 13.5. The first-order valence-corrected chi connectivity index (χ1v) is 8.04. The molecule has 0 aromatic heterocycles. The summed E-state index contributed by atoms with van der Waals surface area (Å²) in [6, 6.07) is 0.253. The maximum atomic E-state index is 12.1. The Hall–Kier alpha value is -0.370. The van der Waals surface area contributed by atoms with E-state index in [0.717, 1.165) is 25.6 Å². The molecule has 1 heterocycles. The van der Waals surface area contributed by atoms with Crippen molar-refractivity contribution in [2.75, 3.05) is 12.8 Å². The van der Waals surface area contributed by atoms with Crippen molar-refractivity contribution in [3.8, 4) is 0 Å². The van der Waals surface area contributed by atoms with Crippen LogP contribution >= 0.6 is 12.4 Å². The Balaban J connectivity index is 0.00000324. The molecule has 2 atom stereocenters. The minimum atomic E-state index is -3.41. The van der Waals surface area contributed by atoms with Crippen molar-refractivity contribution < 1.29 is 13.2 Å². The Morgan fingerprint density at radius 1 is 1.37 bits per heavy atom. The minimum Gasteiger partial charge on any atom is -0.350 e. The van der Waals surface area contributed by atoms with Crippen LogP contribution in [-0.4, -0.2) is 44.7 Å². The van der Waals surface area contributed by atoms with Crippen LogP contribution in [0.2, 0.25) is 0 Å². The third-order valence-corrected chi connectivity index (χ3v) is 3.97. The highest BCUT2D eigenvalue weighted by Crippen LogP contribution is 2.11. The maximum Gasteiger partial charge on any atom is 0.240 e. The topological polar surface area (TPSA) is 87.3 Å². The second-order valence-electron chi connectivity index (χ2n) is 5.46. The number of hydrogen-bond acceptors (Lipinski definition) is 4. The van der Waals surface area contributed by atoms with Gasteiger partial charge in [0.1, 0.15) is 5.54 Å². The summed E-state index contributed by atoms with van der Waals surface area (Å²) in [6.07, 6.45) is 2.97. The number of carbonyl (C=O) groups is 1. The first kappa shape index (κ1) is 18.6. The standard InChI is InChI=1S/C11H23N3O3S.ClH/c1-8-9(6-5-7-12-8)13-10(15)11(2,3)14-18(4,16)17;/h8-9,12,14H,5-7H2,1-4H3,(H,13,15);1H. The molecule has 0 aliphatic carbocycles. The molecular weight excluding hydrogens is 290 g/mol. The molecule has 1 aliphatic rings. The predicted octanol–water partition coefficient (Wildman–Crippen LogP) is -0.00730. The minimum absolute atomic E-state index is 0. The van der Waals surface area contributed by atoms with E-state index in [4.69, 9.17) is 0 Å². The Morgan fingerprint density at radius 3 is 2.42 bits per heavy atom. The highest BCUT2D eigenvalue weighted by atomic mass is 35.5. The van der Waals surface area contributed by atoms with E-state index in [0.29, 0.717) is 0 Å². The Labute approximate surface area is 121 Å². The summed E-state index contributed by atoms with van der Waals surface area (Å²) in [7, 11) is -3.41. The average Bonchev–Trinajstić information content (AvgIpc) is 2.17. The molecule has 0 bridgehead atoms. The van der Waals surface area contributed by atoms with Crippen LogP contribution in [0.25, 0.3) is 0 Å². The van der Waals surface area contributed by atoms with Crippen molar-refractivity contribution in [2.45, 2.75) is 51.2 Å². The second-order valence-corrected chi connectivity index (χ2v) is 7.21. The molecule has 1 aliphatic heterocycles. The van der Waals surface area contributed by atoms with E-state index in [2.05, 4.69) is 15.4 Å². The summed E-state index contributed by atoms with van der Waals surface area (Å²) in [4.78, 5) is 12.1. The zero-order valence-electron chi connectivity index (χ0n) is 11.8. The van der Waals surface area contributed by atoms with Crippen LogP contribution in [-0.2, 0) is 14.8 Å². The fraction of sp³-hybridized carbons (Fsp3) is 0.909. The first-order valence-electron chi connectivity index (χ1n) is 6.15. The number of halogens is 1. The van der Waals surface area contributed by atoms with Crippen LogP contribution in [0.1, 0.15) is 33.6 Å². The lowest BCUT2D eigenvalue weighted by Crippen LogP contribution is -2.60. The van der Waals surface area contributed by atoms with Gasteiger partial charge in [-0.25, -0.2) is 13.1 Å². The van der Waals surface area contributed by atoms with Crippen molar-refractivity contribution in [2.24, 2.45) is 0 Å². The Bertz CT molecular complexity index is 411. The van der Waals surface area contributed by atoms with Gasteiger partial charge >= 0.3 is 0 Å². The van der Waals surface area contributed by atoms with Gasteiger partial charge < -0.3 is 10.6 Å². The van der Waals surface area contributed by atoms with E-state index in [-0.39, 0.29) is 30.4 Å². The van der Waals surface area contributed by atoms with Crippen LogP contribution in [0.4, 0.5) is 0 Å². The Kier molecular flexibility index (Phi) is 6.74. The van der Waals surface area contributed by atoms with Gasteiger partial charge in [-0.05, 0) is 40.2 Å². The number of amides is 1. The highest BCUT2D eigenvalue weighted by molar-refractivity contribution is 7.88. The molecule has 0 saturated carbocycles. The van der Waals surface area contributed by atoms with Gasteiger partial charge in [0.2, 0.25) is 15.9 Å². The van der Waals surface area contributed by atoms with Crippen molar-refractivity contribution in [1.29, 1.82) is 0 Å². The molecular formula is C11H24ClN3O3S. The number of rotatable bonds is 4. The lowest BCUT2D eigenvalue weighted by atomic mass is 9.98. The Morgan fingerprint density at radius 2 is 1.95 bits per heavy atom. The van der Waals surface area contributed by atoms with Crippen LogP contribution < -0.4 is 15.4 Å². The maximum absolute atomic E-state index is 12.1. The normalized spacial score (nSPS) is 24.4. The third-order valence-electron chi connectivity index (χ3n) is 3.09. The smallest absolute Gasteiger partial charge is 0.240 e. The summed E-state index contributed by atoms with van der Waals surface area (Å²) in [5, 5.41) is 6.19. The molecule has 1 amide bonds. The number of nitrogens with one attached hydrogen (secondary N) is 3. The lowest BCUT2D eigenvalue weighted by molar-refractivity contribution is -0.126. The molecule has 8 heteroatoms. The van der Waals surface area contributed by atoms with E-state index < -0.39 is 15.6 Å². The SMILES string of the molecule is CC1NCCCC1NC(=O)C(C)(C)NS(C)(=O)=O.Cl. The summed E-state index contributed by atoms with van der Waals surface area (Å²) in [5.41, 5.74) is -1.13. The summed E-state index contributed by atoms with van der Waals surface area (Å²) in [6.45, 7) is 6.09. The number of piperidine rings is 1. The van der Waals surface area contributed by atoms with E-state index in [1.807, 2.05) is 6.92 Å². The number of hydrogen-bond donors (Lipinski definition) is 3. The van der Waals surface area contributed by atoms with Gasteiger partial charge in [-0.1, -0.05) is 0 Å². The summed E-state index contributed by atoms with van der Waals surface area (Å²) >= 11 is 0. The number of sulfonamides is 1. The lowest BCUT2D eigenvalue weighted by Gasteiger charge is -2.33. The molecule has 0 aromatic carbocycles. The fourth-order valence-electron chi connectivity index (χ4n) is 2.10. The highest BCUT2D eigenvalue weighted by Gasteiger charge is 2.33. The van der Waals surface area contributed by atoms with E-state index in [9.17, 15) is 13.2 Å². The second kappa shape index (κ2) is 6.88. The molecule has 6 nitrogen and oxygen atoms in total. The summed E-state index contributed by atoms with van der Waals surface area (Å²) in [5.74, 6) is -0.298. The number of carbonyl (C=O) groups excluding carboxylic acids is 1. The molecule has 0 aromatic rings. The quantitative estimate of drug-likeness (QED) is 0.681. The van der Waals surface area contributed by atoms with Crippen LogP contribution in [0.5, 0.6) is 0 Å². The molecule has 114 valence electrons. The van der Waals surface area contributed by atoms with Crippen molar-refractivity contribution in [3.05, 3.63) is 0 Å². The molecule has 2 unspecified atom stereocenters. The van der Waals surface area contributed by atoms with E-state index in [1.165, 1.54) is 0 Å². The average molecular weight is 314 g/mol. The molecule has 1 fully saturated rings. The molecule has 1 rings (SSSR count). The third kappa shape index (κ3) is 6.07. The van der Waals surface area contributed by atoms with Gasteiger partial charge in [0.05, 0.1) is 6.26 Å². The van der Waals surface area contributed by atoms with Gasteiger partial charge in [0.15, 0.2) is 0 Å². The van der Waals surface area contributed by atoms with Crippen molar-refractivity contribution in [1.82, 2.24) is 15.4 Å². The zero-order chi connectivity index (χ0) is 14.0. The van der Waals surface area contributed by atoms with Gasteiger partial charge in [-0.2, -0.15) is 0 Å². The van der Waals surface area contributed by atoms with E-state index >= 15 is 0 Å². The molecule has 3 N–H and O–H groups in total. The molecule has 1 saturated heterocycles. The van der Waals surface area contributed by atoms with Gasteiger partial charge in [-0.3, -0.25) is 4.79 Å². The van der Waals surface area contributed by atoms with Crippen molar-refractivity contribution in [3.63, 3.8) is 0 Å². The molecule has 19 heavy (non-hydrogen) atoms.